The van der Waals surface area contributed by atoms with E-state index >= 15 is 0 Å². The number of ether oxygens (including phenoxy) is 2. The third-order valence-corrected chi connectivity index (χ3v) is 3.50. The number of hydrogen-bond acceptors (Lipinski definition) is 3. The van der Waals surface area contributed by atoms with Gasteiger partial charge in [0.2, 0.25) is 0 Å². The minimum atomic E-state index is 0.583. The molecule has 1 aliphatic carbocycles. The maximum atomic E-state index is 5.70. The second-order valence-electron chi connectivity index (χ2n) is 4.64. The quantitative estimate of drug-likeness (QED) is 0.824. The molecule has 1 aromatic rings. The summed E-state index contributed by atoms with van der Waals surface area (Å²) in [6.45, 7) is 0.746. The van der Waals surface area contributed by atoms with E-state index in [0.717, 1.165) is 30.4 Å². The Hall–Kier alpha value is -1.22. The van der Waals surface area contributed by atoms with Crippen molar-refractivity contribution < 1.29 is 9.47 Å². The number of methoxy groups -OCH3 is 2. The third kappa shape index (κ3) is 2.72. The highest BCUT2D eigenvalue weighted by Crippen LogP contribution is 2.45. The predicted molar refractivity (Wildman–Crippen MR) is 68.7 cm³/mol. The van der Waals surface area contributed by atoms with Gasteiger partial charge in [-0.25, -0.2) is 0 Å². The van der Waals surface area contributed by atoms with Crippen molar-refractivity contribution in [1.82, 2.24) is 0 Å². The molecule has 1 saturated carbocycles. The van der Waals surface area contributed by atoms with E-state index in [0.29, 0.717) is 5.92 Å². The van der Waals surface area contributed by atoms with Gasteiger partial charge in [0.1, 0.15) is 0 Å². The summed E-state index contributed by atoms with van der Waals surface area (Å²) in [5, 5.41) is 0. The molecule has 0 heterocycles. The molecule has 0 amide bonds. The van der Waals surface area contributed by atoms with Gasteiger partial charge in [0.15, 0.2) is 11.5 Å². The van der Waals surface area contributed by atoms with Crippen LogP contribution in [0.1, 0.15) is 30.7 Å². The standard InChI is InChI=1S/C14H21NO2/c1-16-13-6-5-11(9-14(13)17-2)12(7-8-15)10-3-4-10/h5-6,9-10,12H,3-4,7-8,15H2,1-2H3. The third-order valence-electron chi connectivity index (χ3n) is 3.50. The van der Waals surface area contributed by atoms with E-state index in [4.69, 9.17) is 15.2 Å². The highest BCUT2D eigenvalue weighted by atomic mass is 16.5. The van der Waals surface area contributed by atoms with Crippen molar-refractivity contribution in [2.45, 2.75) is 25.2 Å². The van der Waals surface area contributed by atoms with Crippen molar-refractivity contribution in [2.24, 2.45) is 11.7 Å². The summed E-state index contributed by atoms with van der Waals surface area (Å²) < 4.78 is 10.6. The van der Waals surface area contributed by atoms with E-state index in [-0.39, 0.29) is 0 Å². The molecule has 94 valence electrons. The van der Waals surface area contributed by atoms with Crippen LogP contribution in [-0.4, -0.2) is 20.8 Å². The first kappa shape index (κ1) is 12.2. The molecule has 3 nitrogen and oxygen atoms in total. The SMILES string of the molecule is COc1ccc(C(CCN)C2CC2)cc1OC. The summed E-state index contributed by atoms with van der Waals surface area (Å²) in [6.07, 6.45) is 3.72. The fourth-order valence-electron chi connectivity index (χ4n) is 2.44. The molecule has 1 fully saturated rings. The largest absolute Gasteiger partial charge is 0.493 e. The monoisotopic (exact) mass is 235 g/mol. The summed E-state index contributed by atoms with van der Waals surface area (Å²) in [5.41, 5.74) is 7.03. The molecule has 1 unspecified atom stereocenters. The second kappa shape index (κ2) is 5.41. The van der Waals surface area contributed by atoms with Gasteiger partial charge in [0.25, 0.3) is 0 Å². The maximum Gasteiger partial charge on any atom is 0.160 e. The van der Waals surface area contributed by atoms with Gasteiger partial charge in [-0.15, -0.1) is 0 Å². The Morgan fingerprint density at radius 1 is 1.24 bits per heavy atom. The Kier molecular flexibility index (Phi) is 3.89. The van der Waals surface area contributed by atoms with Gasteiger partial charge in [-0.05, 0) is 55.3 Å². The van der Waals surface area contributed by atoms with E-state index in [1.54, 1.807) is 14.2 Å². The minimum Gasteiger partial charge on any atom is -0.493 e. The Bertz CT molecular complexity index is 374. The molecule has 3 heteroatoms. The van der Waals surface area contributed by atoms with Crippen LogP contribution in [0.15, 0.2) is 18.2 Å². The lowest BCUT2D eigenvalue weighted by molar-refractivity contribution is 0.354. The zero-order valence-corrected chi connectivity index (χ0v) is 10.6. The van der Waals surface area contributed by atoms with Crippen molar-refractivity contribution in [3.05, 3.63) is 23.8 Å². The summed E-state index contributed by atoms with van der Waals surface area (Å²) >= 11 is 0. The van der Waals surface area contributed by atoms with Crippen LogP contribution in [-0.2, 0) is 0 Å². The summed E-state index contributed by atoms with van der Waals surface area (Å²) in [4.78, 5) is 0. The van der Waals surface area contributed by atoms with Crippen molar-refractivity contribution in [3.63, 3.8) is 0 Å². The molecule has 0 spiro atoms. The highest BCUT2D eigenvalue weighted by Gasteiger charge is 2.31. The Morgan fingerprint density at radius 2 is 1.94 bits per heavy atom. The smallest absolute Gasteiger partial charge is 0.160 e. The summed E-state index contributed by atoms with van der Waals surface area (Å²) in [5.74, 6) is 3.00. The molecule has 0 radical (unpaired) electrons. The molecular formula is C14H21NO2. The zero-order valence-electron chi connectivity index (χ0n) is 10.6. The van der Waals surface area contributed by atoms with E-state index in [1.165, 1.54) is 18.4 Å². The van der Waals surface area contributed by atoms with Crippen LogP contribution in [0.3, 0.4) is 0 Å². The molecule has 0 bridgehead atoms. The summed E-state index contributed by atoms with van der Waals surface area (Å²) in [7, 11) is 3.34. The molecular weight excluding hydrogens is 214 g/mol. The van der Waals surface area contributed by atoms with Crippen LogP contribution in [0.2, 0.25) is 0 Å². The first-order chi connectivity index (χ1) is 8.30. The first-order valence-electron chi connectivity index (χ1n) is 6.22. The van der Waals surface area contributed by atoms with E-state index in [2.05, 4.69) is 12.1 Å². The van der Waals surface area contributed by atoms with Crippen molar-refractivity contribution in [1.29, 1.82) is 0 Å². The zero-order chi connectivity index (χ0) is 12.3. The molecule has 2 rings (SSSR count). The number of rotatable bonds is 6. The van der Waals surface area contributed by atoms with Gasteiger partial charge in [0.05, 0.1) is 14.2 Å². The highest BCUT2D eigenvalue weighted by molar-refractivity contribution is 5.44. The van der Waals surface area contributed by atoms with Gasteiger partial charge >= 0.3 is 0 Å². The molecule has 2 N–H and O–H groups in total. The van der Waals surface area contributed by atoms with E-state index < -0.39 is 0 Å². The van der Waals surface area contributed by atoms with Crippen LogP contribution in [0.5, 0.6) is 11.5 Å². The van der Waals surface area contributed by atoms with Crippen molar-refractivity contribution in [2.75, 3.05) is 20.8 Å². The van der Waals surface area contributed by atoms with Gasteiger partial charge in [-0.1, -0.05) is 6.07 Å². The average molecular weight is 235 g/mol. The first-order valence-corrected chi connectivity index (χ1v) is 6.22. The van der Waals surface area contributed by atoms with Gasteiger partial charge in [-0.2, -0.15) is 0 Å². The van der Waals surface area contributed by atoms with Gasteiger partial charge < -0.3 is 15.2 Å². The molecule has 0 saturated heterocycles. The number of nitrogens with two attached hydrogens (primary N) is 1. The minimum absolute atomic E-state index is 0.583. The molecule has 1 aromatic carbocycles. The Balaban J connectivity index is 2.24. The summed E-state index contributed by atoms with van der Waals surface area (Å²) in [6, 6.07) is 6.22. The molecule has 1 atom stereocenters. The Labute approximate surface area is 103 Å². The molecule has 0 aromatic heterocycles. The average Bonchev–Trinajstić information content (AvgIpc) is 3.19. The van der Waals surface area contributed by atoms with Gasteiger partial charge in [-0.3, -0.25) is 0 Å². The normalized spacial score (nSPS) is 16.6. The van der Waals surface area contributed by atoms with Crippen LogP contribution in [0.4, 0.5) is 0 Å². The fourth-order valence-corrected chi connectivity index (χ4v) is 2.44. The van der Waals surface area contributed by atoms with Crippen molar-refractivity contribution >= 4 is 0 Å². The van der Waals surface area contributed by atoms with Crippen LogP contribution < -0.4 is 15.2 Å². The van der Waals surface area contributed by atoms with E-state index in [9.17, 15) is 0 Å². The topological polar surface area (TPSA) is 44.5 Å². The maximum absolute atomic E-state index is 5.70. The second-order valence-corrected chi connectivity index (χ2v) is 4.64. The molecule has 0 aliphatic heterocycles. The van der Waals surface area contributed by atoms with Crippen LogP contribution in [0, 0.1) is 5.92 Å². The van der Waals surface area contributed by atoms with E-state index in [1.807, 2.05) is 6.07 Å². The lowest BCUT2D eigenvalue weighted by atomic mass is 9.91. The molecule has 17 heavy (non-hydrogen) atoms. The Morgan fingerprint density at radius 3 is 2.47 bits per heavy atom. The van der Waals surface area contributed by atoms with Gasteiger partial charge in [0, 0.05) is 0 Å². The molecule has 1 aliphatic rings. The fraction of sp³-hybridized carbons (Fsp3) is 0.571. The lowest BCUT2D eigenvalue weighted by Crippen LogP contribution is -2.09. The number of hydrogen-bond donors (Lipinski definition) is 1. The predicted octanol–water partition coefficient (Wildman–Crippen LogP) is 2.55. The number of benzene rings is 1. The van der Waals surface area contributed by atoms with Crippen LogP contribution in [0.25, 0.3) is 0 Å². The lowest BCUT2D eigenvalue weighted by Gasteiger charge is -2.17. The van der Waals surface area contributed by atoms with Crippen LogP contribution >= 0.6 is 0 Å². The van der Waals surface area contributed by atoms with Crippen molar-refractivity contribution in [3.8, 4) is 11.5 Å².